The minimum Gasteiger partial charge on any atom is -0.387 e. The third-order valence-corrected chi connectivity index (χ3v) is 4.93. The molecule has 1 aromatic heterocycles. The molecule has 2 aromatic rings. The van der Waals surface area contributed by atoms with Gasteiger partial charge in [-0.25, -0.2) is 0 Å². The van der Waals surface area contributed by atoms with Crippen molar-refractivity contribution in [2.75, 3.05) is 13.1 Å². The number of aliphatic hydroxyl groups excluding tert-OH is 1. The Kier molecular flexibility index (Phi) is 4.52. The first kappa shape index (κ1) is 15.5. The molecule has 0 amide bonds. The summed E-state index contributed by atoms with van der Waals surface area (Å²) in [4.78, 5) is 2.33. The molecule has 0 radical (unpaired) electrons. The Labute approximate surface area is 136 Å². The fourth-order valence-electron chi connectivity index (χ4n) is 3.40. The highest BCUT2D eigenvalue weighted by atomic mass is 35.5. The number of benzene rings is 1. The maximum Gasteiger partial charge on any atom is 0.131 e. The Bertz CT molecular complexity index is 641. The van der Waals surface area contributed by atoms with Crippen LogP contribution in [0.5, 0.6) is 0 Å². The Balaban J connectivity index is 1.79. The molecular formula is C17H22ClN3O. The predicted molar refractivity (Wildman–Crippen MR) is 87.9 cm³/mol. The second-order valence-electron chi connectivity index (χ2n) is 5.99. The van der Waals surface area contributed by atoms with Crippen molar-refractivity contribution in [3.05, 3.63) is 52.3 Å². The van der Waals surface area contributed by atoms with Crippen molar-refractivity contribution < 1.29 is 5.11 Å². The molecule has 0 unspecified atom stereocenters. The van der Waals surface area contributed by atoms with Gasteiger partial charge in [-0.05, 0) is 31.9 Å². The first-order valence-electron chi connectivity index (χ1n) is 7.74. The zero-order chi connectivity index (χ0) is 15.7. The monoisotopic (exact) mass is 319 g/mol. The summed E-state index contributed by atoms with van der Waals surface area (Å²) >= 11 is 6.42. The molecule has 1 saturated heterocycles. The Morgan fingerprint density at radius 2 is 2.09 bits per heavy atom. The summed E-state index contributed by atoms with van der Waals surface area (Å²) < 4.78 is 1.73. The van der Waals surface area contributed by atoms with E-state index in [0.29, 0.717) is 11.7 Å². The topological polar surface area (TPSA) is 41.3 Å². The van der Waals surface area contributed by atoms with E-state index in [1.165, 1.54) is 0 Å². The van der Waals surface area contributed by atoms with Crippen molar-refractivity contribution in [2.45, 2.75) is 31.9 Å². The molecule has 0 saturated carbocycles. The molecule has 0 spiro atoms. The number of aliphatic hydroxyl groups is 1. The summed E-state index contributed by atoms with van der Waals surface area (Å²) in [6.07, 6.45) is 1.71. The average molecular weight is 320 g/mol. The lowest BCUT2D eigenvalue weighted by molar-refractivity contribution is 0.106. The quantitative estimate of drug-likeness (QED) is 0.940. The molecule has 22 heavy (non-hydrogen) atoms. The van der Waals surface area contributed by atoms with E-state index in [2.05, 4.69) is 10.00 Å². The van der Waals surface area contributed by atoms with Crippen molar-refractivity contribution >= 4 is 11.6 Å². The standard InChI is InChI=1S/C17H22ClN3O/c1-12-16(17(18)20(2)19-12)14-9-6-10-21(14)11-15(22)13-7-4-3-5-8-13/h3-5,7-8,14-15,22H,6,9-11H2,1-2H3/t14-,15+/m0/s1. The smallest absolute Gasteiger partial charge is 0.131 e. The number of halogens is 1. The number of hydrogen-bond donors (Lipinski definition) is 1. The molecule has 118 valence electrons. The lowest BCUT2D eigenvalue weighted by atomic mass is 10.0. The van der Waals surface area contributed by atoms with Crippen molar-refractivity contribution in [2.24, 2.45) is 7.05 Å². The van der Waals surface area contributed by atoms with Gasteiger partial charge in [0.05, 0.1) is 11.8 Å². The van der Waals surface area contributed by atoms with Crippen LogP contribution in [0.25, 0.3) is 0 Å². The fourth-order valence-corrected chi connectivity index (χ4v) is 3.70. The largest absolute Gasteiger partial charge is 0.387 e. The van der Waals surface area contributed by atoms with Gasteiger partial charge < -0.3 is 5.11 Å². The van der Waals surface area contributed by atoms with Crippen LogP contribution in [0.1, 0.15) is 41.8 Å². The number of rotatable bonds is 4. The molecule has 0 bridgehead atoms. The molecule has 1 aliphatic rings. The van der Waals surface area contributed by atoms with Crippen LogP contribution in [0, 0.1) is 6.92 Å². The van der Waals surface area contributed by atoms with E-state index >= 15 is 0 Å². The van der Waals surface area contributed by atoms with Gasteiger partial charge in [0.2, 0.25) is 0 Å². The first-order valence-corrected chi connectivity index (χ1v) is 8.11. The molecule has 5 heteroatoms. The maximum absolute atomic E-state index is 10.5. The number of likely N-dealkylation sites (tertiary alicyclic amines) is 1. The van der Waals surface area contributed by atoms with Crippen LogP contribution in [0.2, 0.25) is 5.15 Å². The number of nitrogens with zero attached hydrogens (tertiary/aromatic N) is 3. The van der Waals surface area contributed by atoms with Gasteiger partial charge >= 0.3 is 0 Å². The van der Waals surface area contributed by atoms with Gasteiger partial charge in [-0.3, -0.25) is 9.58 Å². The van der Waals surface area contributed by atoms with Gasteiger partial charge in [0.1, 0.15) is 5.15 Å². The van der Waals surface area contributed by atoms with Gasteiger partial charge in [-0.2, -0.15) is 5.10 Å². The molecule has 2 atom stereocenters. The first-order chi connectivity index (χ1) is 10.6. The van der Waals surface area contributed by atoms with E-state index in [1.807, 2.05) is 44.3 Å². The Hall–Kier alpha value is -1.36. The van der Waals surface area contributed by atoms with Crippen molar-refractivity contribution in [3.8, 4) is 0 Å². The number of aromatic nitrogens is 2. The molecular weight excluding hydrogens is 298 g/mol. The third-order valence-electron chi connectivity index (χ3n) is 4.48. The van der Waals surface area contributed by atoms with Crippen LogP contribution in [-0.2, 0) is 7.05 Å². The second kappa shape index (κ2) is 6.41. The minimum atomic E-state index is -0.474. The zero-order valence-corrected chi connectivity index (χ0v) is 13.8. The van der Waals surface area contributed by atoms with Crippen LogP contribution in [0.15, 0.2) is 30.3 Å². The number of β-amino-alcohol motifs (C(OH)–C–C–N with tert-alkyl or cyclic N) is 1. The van der Waals surface area contributed by atoms with Gasteiger partial charge in [-0.1, -0.05) is 41.9 Å². The molecule has 1 fully saturated rings. The van der Waals surface area contributed by atoms with E-state index in [-0.39, 0.29) is 6.04 Å². The summed E-state index contributed by atoms with van der Waals surface area (Å²) in [6.45, 7) is 3.61. The van der Waals surface area contributed by atoms with Crippen LogP contribution >= 0.6 is 11.6 Å². The summed E-state index contributed by atoms with van der Waals surface area (Å²) in [6, 6.07) is 10.1. The predicted octanol–water partition coefficient (Wildman–Crippen LogP) is 3.25. The highest BCUT2D eigenvalue weighted by Crippen LogP contribution is 2.38. The van der Waals surface area contributed by atoms with Crippen LogP contribution in [-0.4, -0.2) is 32.9 Å². The van der Waals surface area contributed by atoms with Gasteiger partial charge in [0.25, 0.3) is 0 Å². The fraction of sp³-hybridized carbons (Fsp3) is 0.471. The van der Waals surface area contributed by atoms with E-state index in [9.17, 15) is 5.11 Å². The molecule has 1 N–H and O–H groups in total. The Morgan fingerprint density at radius 1 is 1.36 bits per heavy atom. The number of aryl methyl sites for hydroxylation is 2. The van der Waals surface area contributed by atoms with Gasteiger partial charge in [0, 0.05) is 25.2 Å². The van der Waals surface area contributed by atoms with E-state index in [4.69, 9.17) is 11.6 Å². The summed E-state index contributed by atoms with van der Waals surface area (Å²) in [5.74, 6) is 0. The van der Waals surface area contributed by atoms with Crippen molar-refractivity contribution in [3.63, 3.8) is 0 Å². The van der Waals surface area contributed by atoms with Crippen LogP contribution < -0.4 is 0 Å². The molecule has 2 heterocycles. The average Bonchev–Trinajstić information content (AvgIpc) is 3.05. The minimum absolute atomic E-state index is 0.250. The number of hydrogen-bond acceptors (Lipinski definition) is 3. The zero-order valence-electron chi connectivity index (χ0n) is 13.0. The lowest BCUT2D eigenvalue weighted by Crippen LogP contribution is -2.28. The summed E-state index contributed by atoms with van der Waals surface area (Å²) in [5.41, 5.74) is 3.06. The van der Waals surface area contributed by atoms with Crippen LogP contribution in [0.3, 0.4) is 0 Å². The van der Waals surface area contributed by atoms with Crippen molar-refractivity contribution in [1.82, 2.24) is 14.7 Å². The molecule has 4 nitrogen and oxygen atoms in total. The molecule has 0 aliphatic carbocycles. The highest BCUT2D eigenvalue weighted by molar-refractivity contribution is 6.30. The molecule has 1 aliphatic heterocycles. The van der Waals surface area contributed by atoms with E-state index in [1.54, 1.807) is 4.68 Å². The van der Waals surface area contributed by atoms with Gasteiger partial charge in [0.15, 0.2) is 0 Å². The third kappa shape index (κ3) is 2.91. The Morgan fingerprint density at radius 3 is 2.73 bits per heavy atom. The van der Waals surface area contributed by atoms with Crippen molar-refractivity contribution in [1.29, 1.82) is 0 Å². The van der Waals surface area contributed by atoms with E-state index in [0.717, 1.165) is 36.2 Å². The molecule has 3 rings (SSSR count). The maximum atomic E-state index is 10.5. The second-order valence-corrected chi connectivity index (χ2v) is 6.35. The van der Waals surface area contributed by atoms with Crippen LogP contribution in [0.4, 0.5) is 0 Å². The lowest BCUT2D eigenvalue weighted by Gasteiger charge is -2.27. The summed E-state index contributed by atoms with van der Waals surface area (Å²) in [7, 11) is 1.87. The molecule has 1 aromatic carbocycles. The highest BCUT2D eigenvalue weighted by Gasteiger charge is 2.32. The normalized spacial score (nSPS) is 20.5. The SMILES string of the molecule is Cc1nn(C)c(Cl)c1[C@@H]1CCCN1C[C@@H](O)c1ccccc1. The van der Waals surface area contributed by atoms with E-state index < -0.39 is 6.10 Å². The van der Waals surface area contributed by atoms with Gasteiger partial charge in [-0.15, -0.1) is 0 Å². The summed E-state index contributed by atoms with van der Waals surface area (Å²) in [5, 5.41) is 15.6.